The molecule has 0 spiro atoms. The molecule has 1 aliphatic rings. The van der Waals surface area contributed by atoms with E-state index in [0.29, 0.717) is 6.54 Å². The van der Waals surface area contributed by atoms with Crippen LogP contribution in [0, 0.1) is 15.9 Å². The summed E-state index contributed by atoms with van der Waals surface area (Å²) < 4.78 is 13.8. The van der Waals surface area contributed by atoms with E-state index in [1.807, 2.05) is 14.1 Å². The summed E-state index contributed by atoms with van der Waals surface area (Å²) in [5.41, 5.74) is 0.0984. The molecular formula is C14H19BrFN3O2. The Labute approximate surface area is 131 Å². The fraction of sp³-hybridized carbons (Fsp3) is 0.571. The summed E-state index contributed by atoms with van der Waals surface area (Å²) in [6.45, 7) is 0.571. The van der Waals surface area contributed by atoms with Crippen LogP contribution >= 0.6 is 15.9 Å². The Morgan fingerprint density at radius 2 is 2.05 bits per heavy atom. The molecule has 2 rings (SSSR count). The first-order valence-electron chi connectivity index (χ1n) is 6.90. The molecule has 5 nitrogen and oxygen atoms in total. The molecule has 0 saturated heterocycles. The van der Waals surface area contributed by atoms with Crippen molar-refractivity contribution < 1.29 is 9.31 Å². The predicted octanol–water partition coefficient (Wildman–Crippen LogP) is 3.78. The second-order valence-electron chi connectivity index (χ2n) is 5.72. The zero-order valence-corrected chi connectivity index (χ0v) is 13.7. The summed E-state index contributed by atoms with van der Waals surface area (Å²) in [4.78, 5) is 12.8. The first kappa shape index (κ1) is 16.2. The highest BCUT2D eigenvalue weighted by atomic mass is 79.9. The van der Waals surface area contributed by atoms with E-state index in [4.69, 9.17) is 0 Å². The Kier molecular flexibility index (Phi) is 4.83. The number of halogens is 2. The van der Waals surface area contributed by atoms with Gasteiger partial charge in [0.15, 0.2) is 0 Å². The number of nitro benzene ring substituents is 1. The summed E-state index contributed by atoms with van der Waals surface area (Å²) >= 11 is 2.98. The lowest BCUT2D eigenvalue weighted by Crippen LogP contribution is -2.47. The van der Waals surface area contributed by atoms with Crippen LogP contribution in [0.1, 0.15) is 25.7 Å². The minimum atomic E-state index is -0.506. The maximum Gasteiger partial charge on any atom is 0.293 e. The molecule has 0 heterocycles. The third kappa shape index (κ3) is 3.35. The molecule has 7 heteroatoms. The average Bonchev–Trinajstić information content (AvgIpc) is 2.89. The molecule has 0 aromatic heterocycles. The number of hydrogen-bond acceptors (Lipinski definition) is 4. The zero-order chi connectivity index (χ0) is 15.6. The van der Waals surface area contributed by atoms with Crippen LogP contribution in [0.15, 0.2) is 16.6 Å². The normalized spacial score (nSPS) is 17.2. The van der Waals surface area contributed by atoms with Gasteiger partial charge in [-0.1, -0.05) is 12.8 Å². The first-order chi connectivity index (χ1) is 9.85. The van der Waals surface area contributed by atoms with Crippen molar-refractivity contribution in [3.63, 3.8) is 0 Å². The van der Waals surface area contributed by atoms with E-state index in [1.165, 1.54) is 12.1 Å². The Morgan fingerprint density at radius 1 is 1.43 bits per heavy atom. The van der Waals surface area contributed by atoms with Gasteiger partial charge < -0.3 is 10.2 Å². The van der Waals surface area contributed by atoms with E-state index in [9.17, 15) is 14.5 Å². The minimum Gasteiger partial charge on any atom is -0.378 e. The number of nitrogens with zero attached hydrogens (tertiary/aromatic N) is 2. The van der Waals surface area contributed by atoms with Gasteiger partial charge in [-0.2, -0.15) is 0 Å². The molecule has 21 heavy (non-hydrogen) atoms. The number of rotatable bonds is 5. The monoisotopic (exact) mass is 359 g/mol. The van der Waals surface area contributed by atoms with Gasteiger partial charge in [-0.05, 0) is 42.9 Å². The lowest BCUT2D eigenvalue weighted by atomic mass is 9.96. The van der Waals surface area contributed by atoms with Crippen molar-refractivity contribution >= 4 is 27.3 Å². The van der Waals surface area contributed by atoms with E-state index >= 15 is 0 Å². The largest absolute Gasteiger partial charge is 0.378 e. The molecule has 1 N–H and O–H groups in total. The van der Waals surface area contributed by atoms with Crippen LogP contribution in [0.25, 0.3) is 0 Å². The Morgan fingerprint density at radius 3 is 2.57 bits per heavy atom. The topological polar surface area (TPSA) is 58.4 Å². The van der Waals surface area contributed by atoms with Gasteiger partial charge in [0.1, 0.15) is 11.5 Å². The second kappa shape index (κ2) is 6.27. The second-order valence-corrected chi connectivity index (χ2v) is 6.57. The van der Waals surface area contributed by atoms with Crippen molar-refractivity contribution in [3.8, 4) is 0 Å². The number of benzene rings is 1. The van der Waals surface area contributed by atoms with Crippen molar-refractivity contribution in [2.24, 2.45) is 0 Å². The van der Waals surface area contributed by atoms with Crippen LogP contribution in [0.5, 0.6) is 0 Å². The molecule has 1 saturated carbocycles. The van der Waals surface area contributed by atoms with Crippen molar-refractivity contribution in [3.05, 3.63) is 32.5 Å². The molecule has 1 aliphatic carbocycles. The minimum absolute atomic E-state index is 0.0165. The number of nitro groups is 1. The molecular weight excluding hydrogens is 341 g/mol. The predicted molar refractivity (Wildman–Crippen MR) is 84.1 cm³/mol. The first-order valence-corrected chi connectivity index (χ1v) is 7.70. The van der Waals surface area contributed by atoms with Gasteiger partial charge in [0.05, 0.1) is 9.40 Å². The van der Waals surface area contributed by atoms with E-state index in [0.717, 1.165) is 25.7 Å². The highest BCUT2D eigenvalue weighted by Gasteiger charge is 2.36. The van der Waals surface area contributed by atoms with Gasteiger partial charge in [-0.25, -0.2) is 4.39 Å². The molecule has 116 valence electrons. The molecule has 0 atom stereocenters. The fourth-order valence-electron chi connectivity index (χ4n) is 2.90. The number of anilines is 1. The van der Waals surface area contributed by atoms with E-state index in [2.05, 4.69) is 26.1 Å². The molecule has 0 amide bonds. The smallest absolute Gasteiger partial charge is 0.293 e. The molecule has 0 unspecified atom stereocenters. The summed E-state index contributed by atoms with van der Waals surface area (Å²) in [6.07, 6.45) is 4.38. The van der Waals surface area contributed by atoms with Crippen molar-refractivity contribution in [2.45, 2.75) is 31.2 Å². The molecule has 0 bridgehead atoms. The van der Waals surface area contributed by atoms with Crippen LogP contribution in [-0.4, -0.2) is 36.0 Å². The molecule has 1 aromatic carbocycles. The van der Waals surface area contributed by atoms with E-state index < -0.39 is 10.7 Å². The average molecular weight is 360 g/mol. The van der Waals surface area contributed by atoms with E-state index in [-0.39, 0.29) is 21.4 Å². The van der Waals surface area contributed by atoms with Gasteiger partial charge in [0.2, 0.25) is 0 Å². The van der Waals surface area contributed by atoms with Gasteiger partial charge in [-0.3, -0.25) is 10.1 Å². The number of nitrogens with one attached hydrogen (secondary N) is 1. The van der Waals surface area contributed by atoms with Crippen molar-refractivity contribution in [1.29, 1.82) is 0 Å². The maximum absolute atomic E-state index is 13.7. The van der Waals surface area contributed by atoms with Crippen LogP contribution in [-0.2, 0) is 0 Å². The molecule has 1 fully saturated rings. The van der Waals surface area contributed by atoms with Gasteiger partial charge in [0.25, 0.3) is 5.69 Å². The summed E-state index contributed by atoms with van der Waals surface area (Å²) in [5, 5.41) is 14.2. The summed E-state index contributed by atoms with van der Waals surface area (Å²) in [6, 6.07) is 2.38. The number of likely N-dealkylation sites (N-methyl/N-ethyl adjacent to an activating group) is 1. The van der Waals surface area contributed by atoms with Crippen LogP contribution in [0.3, 0.4) is 0 Å². The SMILES string of the molecule is CN(C)C1(CNc2cc(F)c(Br)cc2[N+](=O)[O-])CCCC1. The van der Waals surface area contributed by atoms with Crippen LogP contribution < -0.4 is 5.32 Å². The number of hydrogen-bond donors (Lipinski definition) is 1. The standard InChI is InChI=1S/C14H19BrFN3O2/c1-18(2)14(5-3-4-6-14)9-17-12-8-11(16)10(15)7-13(12)19(20)21/h7-8,17H,3-6,9H2,1-2H3. The van der Waals surface area contributed by atoms with Gasteiger partial charge in [-0.15, -0.1) is 0 Å². The van der Waals surface area contributed by atoms with E-state index in [1.54, 1.807) is 0 Å². The maximum atomic E-state index is 13.7. The quantitative estimate of drug-likeness (QED) is 0.641. The Hall–Kier alpha value is -1.21. The lowest BCUT2D eigenvalue weighted by molar-refractivity contribution is -0.384. The van der Waals surface area contributed by atoms with Gasteiger partial charge in [0, 0.05) is 24.2 Å². The third-order valence-corrected chi connectivity index (χ3v) is 4.93. The summed E-state index contributed by atoms with van der Waals surface area (Å²) in [7, 11) is 4.03. The fourth-order valence-corrected chi connectivity index (χ4v) is 3.24. The van der Waals surface area contributed by atoms with Crippen molar-refractivity contribution in [1.82, 2.24) is 4.90 Å². The third-order valence-electron chi connectivity index (χ3n) is 4.33. The van der Waals surface area contributed by atoms with Gasteiger partial charge >= 0.3 is 0 Å². The lowest BCUT2D eigenvalue weighted by Gasteiger charge is -2.36. The van der Waals surface area contributed by atoms with Crippen LogP contribution in [0.4, 0.5) is 15.8 Å². The zero-order valence-electron chi connectivity index (χ0n) is 12.2. The Bertz CT molecular complexity index is 545. The van der Waals surface area contributed by atoms with Crippen LogP contribution in [0.2, 0.25) is 0 Å². The molecule has 1 aromatic rings. The van der Waals surface area contributed by atoms with Crippen molar-refractivity contribution in [2.75, 3.05) is 26.0 Å². The summed E-state index contributed by atoms with van der Waals surface area (Å²) in [5.74, 6) is -0.506. The molecule has 0 radical (unpaired) electrons. The highest BCUT2D eigenvalue weighted by molar-refractivity contribution is 9.10. The Balaban J connectivity index is 2.23. The molecule has 0 aliphatic heterocycles. The highest BCUT2D eigenvalue weighted by Crippen LogP contribution is 2.36.